The van der Waals surface area contributed by atoms with Crippen molar-refractivity contribution in [3.63, 3.8) is 0 Å². The van der Waals surface area contributed by atoms with Crippen LogP contribution >= 0.6 is 11.3 Å². The van der Waals surface area contributed by atoms with Gasteiger partial charge in [-0.05, 0) is 6.92 Å². The summed E-state index contributed by atoms with van der Waals surface area (Å²) in [5.41, 5.74) is 2.11. The Balaban J connectivity index is 2.03. The standard InChI is InChI=1S/C15H12N2O3S/c1-9-3-5-10(6-4-9)13(18)11-7-16-15-17(11)8-12(21-15)14(19)20-2/h3-8H,1-2H3. The second kappa shape index (κ2) is 5.14. The van der Waals surface area contributed by atoms with Gasteiger partial charge >= 0.3 is 5.97 Å². The number of imidazole rings is 1. The Morgan fingerprint density at radius 2 is 1.95 bits per heavy atom. The first-order valence-corrected chi connectivity index (χ1v) is 7.08. The molecule has 1 aromatic carbocycles. The normalized spacial score (nSPS) is 10.8. The van der Waals surface area contributed by atoms with E-state index in [9.17, 15) is 9.59 Å². The Labute approximate surface area is 124 Å². The van der Waals surface area contributed by atoms with Crippen molar-refractivity contribution in [2.24, 2.45) is 0 Å². The third-order valence-corrected chi connectivity index (χ3v) is 4.12. The van der Waals surface area contributed by atoms with Gasteiger partial charge in [0.1, 0.15) is 10.6 Å². The van der Waals surface area contributed by atoms with Crippen molar-refractivity contribution in [1.29, 1.82) is 0 Å². The van der Waals surface area contributed by atoms with Gasteiger partial charge in [0.15, 0.2) is 4.96 Å². The van der Waals surface area contributed by atoms with Crippen molar-refractivity contribution in [2.45, 2.75) is 6.92 Å². The van der Waals surface area contributed by atoms with E-state index in [4.69, 9.17) is 0 Å². The zero-order chi connectivity index (χ0) is 15.0. The highest BCUT2D eigenvalue weighted by atomic mass is 32.1. The molecule has 5 nitrogen and oxygen atoms in total. The monoisotopic (exact) mass is 300 g/mol. The van der Waals surface area contributed by atoms with Crippen molar-refractivity contribution in [3.8, 4) is 0 Å². The Hall–Kier alpha value is -2.47. The lowest BCUT2D eigenvalue weighted by Gasteiger charge is -2.00. The van der Waals surface area contributed by atoms with Crippen LogP contribution in [0.1, 0.15) is 31.3 Å². The summed E-state index contributed by atoms with van der Waals surface area (Å²) in [6.45, 7) is 1.97. The molecule has 106 valence electrons. The number of carbonyl (C=O) groups is 2. The average molecular weight is 300 g/mol. The van der Waals surface area contributed by atoms with Crippen LogP contribution < -0.4 is 0 Å². The largest absolute Gasteiger partial charge is 0.465 e. The minimum absolute atomic E-state index is 0.128. The molecule has 0 N–H and O–H groups in total. The summed E-state index contributed by atoms with van der Waals surface area (Å²) in [7, 11) is 1.32. The fourth-order valence-electron chi connectivity index (χ4n) is 2.00. The van der Waals surface area contributed by atoms with Gasteiger partial charge < -0.3 is 4.74 Å². The van der Waals surface area contributed by atoms with Gasteiger partial charge in [-0.1, -0.05) is 41.2 Å². The number of rotatable bonds is 3. The number of esters is 1. The Kier molecular flexibility index (Phi) is 3.31. The number of benzene rings is 1. The predicted molar refractivity (Wildman–Crippen MR) is 79.0 cm³/mol. The van der Waals surface area contributed by atoms with Crippen molar-refractivity contribution >= 4 is 28.1 Å². The molecule has 2 heterocycles. The number of methoxy groups -OCH3 is 1. The molecule has 0 radical (unpaired) electrons. The molecule has 0 saturated carbocycles. The lowest BCUT2D eigenvalue weighted by atomic mass is 10.1. The Bertz CT molecular complexity index is 830. The van der Waals surface area contributed by atoms with E-state index in [0.29, 0.717) is 21.1 Å². The van der Waals surface area contributed by atoms with E-state index in [-0.39, 0.29) is 5.78 Å². The third kappa shape index (κ3) is 2.34. The molecule has 0 unspecified atom stereocenters. The van der Waals surface area contributed by atoms with Crippen LogP contribution in [0.3, 0.4) is 0 Å². The van der Waals surface area contributed by atoms with Crippen LogP contribution in [0.15, 0.2) is 36.7 Å². The van der Waals surface area contributed by atoms with Crippen molar-refractivity contribution < 1.29 is 14.3 Å². The first-order valence-electron chi connectivity index (χ1n) is 6.26. The number of fused-ring (bicyclic) bond motifs is 1. The number of hydrogen-bond acceptors (Lipinski definition) is 5. The van der Waals surface area contributed by atoms with E-state index in [1.165, 1.54) is 24.6 Å². The minimum Gasteiger partial charge on any atom is -0.465 e. The summed E-state index contributed by atoms with van der Waals surface area (Å²) in [4.78, 5) is 29.2. The first-order chi connectivity index (χ1) is 10.1. The third-order valence-electron chi connectivity index (χ3n) is 3.14. The number of nitrogens with zero attached hydrogens (tertiary/aromatic N) is 2. The van der Waals surface area contributed by atoms with Crippen LogP contribution in [-0.2, 0) is 4.74 Å². The molecule has 3 rings (SSSR count). The summed E-state index contributed by atoms with van der Waals surface area (Å²) in [5, 5.41) is 0. The van der Waals surface area contributed by atoms with Gasteiger partial charge in [0.25, 0.3) is 0 Å². The fraction of sp³-hybridized carbons (Fsp3) is 0.133. The summed E-state index contributed by atoms with van der Waals surface area (Å²) in [5.74, 6) is -0.559. The fourth-order valence-corrected chi connectivity index (χ4v) is 2.88. The number of thiazole rings is 1. The SMILES string of the molecule is COC(=O)c1cn2c(C(=O)c3ccc(C)cc3)cnc2s1. The lowest BCUT2D eigenvalue weighted by molar-refractivity contribution is 0.0605. The van der Waals surface area contributed by atoms with Gasteiger partial charge in [-0.15, -0.1) is 0 Å². The highest BCUT2D eigenvalue weighted by molar-refractivity contribution is 7.18. The van der Waals surface area contributed by atoms with Crippen molar-refractivity contribution in [3.05, 3.63) is 58.4 Å². The molecule has 2 aromatic heterocycles. The second-order valence-corrected chi connectivity index (χ2v) is 5.59. The van der Waals surface area contributed by atoms with Gasteiger partial charge in [0.05, 0.1) is 13.3 Å². The van der Waals surface area contributed by atoms with E-state index < -0.39 is 5.97 Å². The first kappa shape index (κ1) is 13.5. The number of aryl methyl sites for hydroxylation is 1. The summed E-state index contributed by atoms with van der Waals surface area (Å²) < 4.78 is 6.30. The molecular weight excluding hydrogens is 288 g/mol. The highest BCUT2D eigenvalue weighted by Gasteiger charge is 2.18. The molecule has 0 spiro atoms. The van der Waals surface area contributed by atoms with Crippen LogP contribution in [0.4, 0.5) is 0 Å². The van der Waals surface area contributed by atoms with E-state index in [1.807, 2.05) is 19.1 Å². The van der Waals surface area contributed by atoms with Gasteiger partial charge in [0, 0.05) is 11.8 Å². The van der Waals surface area contributed by atoms with Crippen LogP contribution in [0.5, 0.6) is 0 Å². The van der Waals surface area contributed by atoms with Crippen molar-refractivity contribution in [1.82, 2.24) is 9.38 Å². The predicted octanol–water partition coefficient (Wildman–Crippen LogP) is 2.72. The van der Waals surface area contributed by atoms with E-state index in [0.717, 1.165) is 5.56 Å². The molecule has 3 aromatic rings. The lowest BCUT2D eigenvalue weighted by Crippen LogP contribution is -2.05. The molecule has 6 heteroatoms. The van der Waals surface area contributed by atoms with Crippen LogP contribution in [0.2, 0.25) is 0 Å². The molecule has 0 amide bonds. The number of ketones is 1. The zero-order valence-corrected chi connectivity index (χ0v) is 12.3. The van der Waals surface area contributed by atoms with Gasteiger partial charge in [-0.25, -0.2) is 9.78 Å². The molecule has 0 fully saturated rings. The molecule has 0 aliphatic carbocycles. The topological polar surface area (TPSA) is 60.7 Å². The highest BCUT2D eigenvalue weighted by Crippen LogP contribution is 2.21. The van der Waals surface area contributed by atoms with E-state index >= 15 is 0 Å². The maximum absolute atomic E-state index is 12.5. The van der Waals surface area contributed by atoms with Gasteiger partial charge in [0.2, 0.25) is 5.78 Å². The van der Waals surface area contributed by atoms with Crippen LogP contribution in [0.25, 0.3) is 4.96 Å². The van der Waals surface area contributed by atoms with E-state index in [2.05, 4.69) is 9.72 Å². The maximum Gasteiger partial charge on any atom is 0.349 e. The molecule has 0 aliphatic heterocycles. The summed E-state index contributed by atoms with van der Waals surface area (Å²) in [6.07, 6.45) is 3.11. The molecule has 21 heavy (non-hydrogen) atoms. The summed E-state index contributed by atoms with van der Waals surface area (Å²) >= 11 is 1.19. The van der Waals surface area contributed by atoms with Gasteiger partial charge in [-0.2, -0.15) is 0 Å². The maximum atomic E-state index is 12.5. The number of aromatic nitrogens is 2. The molecule has 0 bridgehead atoms. The molecule has 0 saturated heterocycles. The van der Waals surface area contributed by atoms with Crippen molar-refractivity contribution in [2.75, 3.05) is 7.11 Å². The second-order valence-electron chi connectivity index (χ2n) is 4.58. The molecule has 0 atom stereocenters. The average Bonchev–Trinajstić information content (AvgIpc) is 3.06. The van der Waals surface area contributed by atoms with Crippen LogP contribution in [-0.4, -0.2) is 28.2 Å². The quantitative estimate of drug-likeness (QED) is 0.551. The number of carbonyl (C=O) groups excluding carboxylic acids is 2. The molecule has 0 aliphatic rings. The molecular formula is C15H12N2O3S. The Morgan fingerprint density at radius 1 is 1.24 bits per heavy atom. The minimum atomic E-state index is -0.431. The van der Waals surface area contributed by atoms with Gasteiger partial charge in [-0.3, -0.25) is 9.20 Å². The van der Waals surface area contributed by atoms with Crippen LogP contribution in [0, 0.1) is 6.92 Å². The Morgan fingerprint density at radius 3 is 2.62 bits per heavy atom. The summed E-state index contributed by atoms with van der Waals surface area (Å²) in [6, 6.07) is 7.34. The zero-order valence-electron chi connectivity index (χ0n) is 11.5. The van der Waals surface area contributed by atoms with E-state index in [1.54, 1.807) is 22.7 Å². The number of hydrogen-bond donors (Lipinski definition) is 0. The number of ether oxygens (including phenoxy) is 1. The smallest absolute Gasteiger partial charge is 0.349 e.